The number of carbonyl (C=O) groups excluding carboxylic acids is 1. The van der Waals surface area contributed by atoms with Crippen LogP contribution in [0.1, 0.15) is 24.5 Å². The van der Waals surface area contributed by atoms with E-state index in [0.717, 1.165) is 33.1 Å². The summed E-state index contributed by atoms with van der Waals surface area (Å²) in [6.07, 6.45) is 0.476. The van der Waals surface area contributed by atoms with Crippen molar-refractivity contribution in [3.05, 3.63) is 46.5 Å². The highest BCUT2D eigenvalue weighted by Crippen LogP contribution is 2.37. The fourth-order valence-electron chi connectivity index (χ4n) is 4.20. The maximum atomic E-state index is 12.8. The summed E-state index contributed by atoms with van der Waals surface area (Å²) in [7, 11) is 3.70. The van der Waals surface area contributed by atoms with E-state index in [2.05, 4.69) is 13.8 Å². The van der Waals surface area contributed by atoms with Gasteiger partial charge in [0, 0.05) is 10.4 Å². The quantitative estimate of drug-likeness (QED) is 0.550. The van der Waals surface area contributed by atoms with Gasteiger partial charge in [-0.05, 0) is 75.8 Å². The molecule has 4 rings (SSSR count). The van der Waals surface area contributed by atoms with Crippen LogP contribution in [0, 0.1) is 13.8 Å². The van der Waals surface area contributed by atoms with E-state index in [0.29, 0.717) is 22.6 Å². The molecule has 2 aromatic carbocycles. The molecule has 1 amide bonds. The van der Waals surface area contributed by atoms with Crippen molar-refractivity contribution in [1.82, 2.24) is 19.4 Å². The molecule has 0 saturated carbocycles. The number of carbonyl (C=O) groups is 1. The third kappa shape index (κ3) is 2.70. The predicted octanol–water partition coefficient (Wildman–Crippen LogP) is 4.12. The summed E-state index contributed by atoms with van der Waals surface area (Å²) < 4.78 is 1.91. The second-order valence-electron chi connectivity index (χ2n) is 7.75. The number of fused-ring (bicyclic) bond motifs is 4. The van der Waals surface area contributed by atoms with Crippen LogP contribution in [0.5, 0.6) is 0 Å². The molecule has 0 radical (unpaired) electrons. The molecule has 29 heavy (non-hydrogen) atoms. The van der Waals surface area contributed by atoms with Gasteiger partial charge in [0.05, 0.1) is 16.6 Å². The molecule has 0 aliphatic heterocycles. The van der Waals surface area contributed by atoms with Crippen LogP contribution in [0.3, 0.4) is 0 Å². The number of benzene rings is 2. The Morgan fingerprint density at radius 1 is 1.14 bits per heavy atom. The summed E-state index contributed by atoms with van der Waals surface area (Å²) in [5, 5.41) is 1.45. The van der Waals surface area contributed by atoms with Crippen molar-refractivity contribution in [2.45, 2.75) is 32.9 Å². The summed E-state index contributed by atoms with van der Waals surface area (Å²) in [5.41, 5.74) is 10.9. The maximum Gasteiger partial charge on any atom is 0.259 e. The normalized spacial score (nSPS) is 14.2. The average molecular weight is 410 g/mol. The zero-order valence-electron chi connectivity index (χ0n) is 17.2. The van der Waals surface area contributed by atoms with Gasteiger partial charge in [-0.3, -0.25) is 14.3 Å². The zero-order valence-corrected chi connectivity index (χ0v) is 18.0. The second-order valence-corrected chi connectivity index (χ2v) is 8.18. The van der Waals surface area contributed by atoms with Gasteiger partial charge in [-0.15, -0.1) is 0 Å². The Morgan fingerprint density at radius 2 is 1.76 bits per heavy atom. The van der Waals surface area contributed by atoms with Crippen molar-refractivity contribution in [2.24, 2.45) is 5.73 Å². The molecular formula is C22H24ClN5O. The highest BCUT2D eigenvalue weighted by atomic mass is 35.5. The molecule has 150 valence electrons. The minimum absolute atomic E-state index is 0.444. The van der Waals surface area contributed by atoms with Gasteiger partial charge in [0.1, 0.15) is 5.52 Å². The first kappa shape index (κ1) is 19.6. The van der Waals surface area contributed by atoms with Gasteiger partial charge in [-0.25, -0.2) is 9.97 Å². The summed E-state index contributed by atoms with van der Waals surface area (Å²) in [6, 6.07) is 9.65. The van der Waals surface area contributed by atoms with E-state index in [1.165, 1.54) is 0 Å². The van der Waals surface area contributed by atoms with E-state index in [-0.39, 0.29) is 0 Å². The Labute approximate surface area is 174 Å². The van der Waals surface area contributed by atoms with E-state index in [1.54, 1.807) is 0 Å². The smallest absolute Gasteiger partial charge is 0.259 e. The van der Waals surface area contributed by atoms with Gasteiger partial charge in [0.15, 0.2) is 11.3 Å². The van der Waals surface area contributed by atoms with Crippen LogP contribution in [-0.4, -0.2) is 39.4 Å². The fourth-order valence-corrected chi connectivity index (χ4v) is 4.37. The Balaban J connectivity index is 2.27. The highest BCUT2D eigenvalue weighted by Gasteiger charge is 2.42. The standard InChI is InChI=1S/C22H24ClN5O/c1-6-22(21(24)29,27(4)5)28-18-8-7-14(23)11-15(18)19-20(28)26-17-10-13(3)12(2)9-16(17)25-19/h7-11H,6H2,1-5H3,(H2,24,29). The molecule has 2 heterocycles. The van der Waals surface area contributed by atoms with Gasteiger partial charge >= 0.3 is 0 Å². The zero-order chi connectivity index (χ0) is 21.1. The predicted molar refractivity (Wildman–Crippen MR) is 118 cm³/mol. The van der Waals surface area contributed by atoms with Crippen LogP contribution in [-0.2, 0) is 10.5 Å². The van der Waals surface area contributed by atoms with Gasteiger partial charge in [0.25, 0.3) is 5.91 Å². The number of amides is 1. The van der Waals surface area contributed by atoms with E-state index >= 15 is 0 Å². The molecule has 0 spiro atoms. The van der Waals surface area contributed by atoms with Crippen LogP contribution in [0.4, 0.5) is 0 Å². The van der Waals surface area contributed by atoms with Crippen molar-refractivity contribution in [1.29, 1.82) is 0 Å². The molecule has 2 N–H and O–H groups in total. The van der Waals surface area contributed by atoms with Crippen molar-refractivity contribution < 1.29 is 4.79 Å². The first-order valence-electron chi connectivity index (χ1n) is 9.57. The Morgan fingerprint density at radius 3 is 2.31 bits per heavy atom. The number of rotatable bonds is 4. The molecule has 0 bridgehead atoms. The molecule has 4 aromatic rings. The lowest BCUT2D eigenvalue weighted by Gasteiger charge is -2.38. The number of halogens is 1. The molecule has 6 nitrogen and oxygen atoms in total. The molecule has 1 unspecified atom stereocenters. The topological polar surface area (TPSA) is 77.0 Å². The van der Waals surface area contributed by atoms with E-state index in [1.807, 2.05) is 60.8 Å². The Kier molecular flexibility index (Phi) is 4.52. The first-order valence-corrected chi connectivity index (χ1v) is 9.95. The van der Waals surface area contributed by atoms with Crippen molar-refractivity contribution >= 4 is 50.6 Å². The molecular weight excluding hydrogens is 386 g/mol. The van der Waals surface area contributed by atoms with E-state index < -0.39 is 11.6 Å². The second kappa shape index (κ2) is 6.68. The van der Waals surface area contributed by atoms with Crippen LogP contribution in [0.15, 0.2) is 30.3 Å². The minimum atomic E-state index is -1.09. The minimum Gasteiger partial charge on any atom is -0.366 e. The molecule has 2 aromatic heterocycles. The van der Waals surface area contributed by atoms with Gasteiger partial charge in [-0.2, -0.15) is 0 Å². The van der Waals surface area contributed by atoms with E-state index in [4.69, 9.17) is 27.3 Å². The number of nitrogens with two attached hydrogens (primary N) is 1. The largest absolute Gasteiger partial charge is 0.366 e. The number of aromatic nitrogens is 3. The van der Waals surface area contributed by atoms with Gasteiger partial charge in [-0.1, -0.05) is 18.5 Å². The van der Waals surface area contributed by atoms with Gasteiger partial charge < -0.3 is 5.73 Å². The lowest BCUT2D eigenvalue weighted by molar-refractivity contribution is -0.134. The third-order valence-electron chi connectivity index (χ3n) is 5.93. The first-order chi connectivity index (χ1) is 13.7. The molecule has 7 heteroatoms. The number of aryl methyl sites for hydroxylation is 2. The number of primary amides is 1. The van der Waals surface area contributed by atoms with E-state index in [9.17, 15) is 4.79 Å². The third-order valence-corrected chi connectivity index (χ3v) is 6.16. The van der Waals surface area contributed by atoms with Crippen molar-refractivity contribution in [3.8, 4) is 0 Å². The van der Waals surface area contributed by atoms with Crippen LogP contribution in [0.2, 0.25) is 5.02 Å². The maximum absolute atomic E-state index is 12.8. The fraction of sp³-hybridized carbons (Fsp3) is 0.318. The average Bonchev–Trinajstić information content (AvgIpc) is 2.95. The highest BCUT2D eigenvalue weighted by molar-refractivity contribution is 6.31. The number of hydrogen-bond acceptors (Lipinski definition) is 4. The SMILES string of the molecule is CCC(C(N)=O)(N(C)C)n1c2ccc(Cl)cc2c2nc3cc(C)c(C)cc3nc21. The summed E-state index contributed by atoms with van der Waals surface area (Å²) in [4.78, 5) is 24.5. The molecule has 0 aliphatic carbocycles. The Hall–Kier alpha value is -2.70. The van der Waals surface area contributed by atoms with Crippen LogP contribution < -0.4 is 5.73 Å². The molecule has 0 aliphatic rings. The lowest BCUT2D eigenvalue weighted by atomic mass is 10.0. The number of hydrogen-bond donors (Lipinski definition) is 1. The summed E-state index contributed by atoms with van der Waals surface area (Å²) in [5.74, 6) is -0.444. The summed E-state index contributed by atoms with van der Waals surface area (Å²) in [6.45, 7) is 6.05. The van der Waals surface area contributed by atoms with Crippen molar-refractivity contribution in [3.63, 3.8) is 0 Å². The van der Waals surface area contributed by atoms with Crippen LogP contribution in [0.25, 0.3) is 33.1 Å². The lowest BCUT2D eigenvalue weighted by Crippen LogP contribution is -2.55. The number of likely N-dealkylation sites (N-methyl/N-ethyl adjacent to an activating group) is 1. The molecule has 0 fully saturated rings. The Bertz CT molecular complexity index is 1290. The molecule has 1 atom stereocenters. The van der Waals surface area contributed by atoms with Gasteiger partial charge in [0.2, 0.25) is 0 Å². The molecule has 0 saturated heterocycles. The van der Waals surface area contributed by atoms with Crippen molar-refractivity contribution in [2.75, 3.05) is 14.1 Å². The number of nitrogens with zero attached hydrogens (tertiary/aromatic N) is 4. The van der Waals surface area contributed by atoms with Crippen LogP contribution >= 0.6 is 11.6 Å². The monoisotopic (exact) mass is 409 g/mol. The summed E-state index contributed by atoms with van der Waals surface area (Å²) >= 11 is 6.31.